The minimum Gasteiger partial charge on any atom is -0.508 e. The standard InChI is InChI=1S/C27H48N4O4/c1-2-3-4-5-6-7-8-9-10-11-12-13-14-15-16-17-20-30-31(27(35)29-22-28)26(34)24-19-18-23(32)21-25(24)33/h18-19,21,30,32-33H,2-17,20,22,28H2,1H3,(H,29,35). The number of benzene rings is 1. The van der Waals surface area contributed by atoms with Crippen LogP contribution in [-0.4, -0.2) is 40.4 Å². The lowest BCUT2D eigenvalue weighted by Gasteiger charge is -2.22. The number of phenolic OH excluding ortho intramolecular Hbond substituents is 2. The molecular formula is C27H48N4O4. The Kier molecular flexibility index (Phi) is 17.5. The minimum atomic E-state index is -0.718. The van der Waals surface area contributed by atoms with E-state index in [1.54, 1.807) is 0 Å². The van der Waals surface area contributed by atoms with Crippen LogP contribution in [0, 0.1) is 0 Å². The highest BCUT2D eigenvalue weighted by Gasteiger charge is 2.24. The average Bonchev–Trinajstić information content (AvgIpc) is 2.83. The van der Waals surface area contributed by atoms with Crippen LogP contribution in [0.2, 0.25) is 0 Å². The first kappa shape index (κ1) is 30.7. The molecule has 35 heavy (non-hydrogen) atoms. The smallest absolute Gasteiger partial charge is 0.340 e. The van der Waals surface area contributed by atoms with Gasteiger partial charge in [0, 0.05) is 12.6 Å². The van der Waals surface area contributed by atoms with Gasteiger partial charge in [-0.1, -0.05) is 103 Å². The maximum atomic E-state index is 12.7. The molecule has 1 aromatic rings. The lowest BCUT2D eigenvalue weighted by Crippen LogP contribution is -2.52. The highest BCUT2D eigenvalue weighted by atomic mass is 16.3. The van der Waals surface area contributed by atoms with Gasteiger partial charge in [-0.2, -0.15) is 5.01 Å². The van der Waals surface area contributed by atoms with Crippen LogP contribution in [0.4, 0.5) is 4.79 Å². The second-order valence-corrected chi connectivity index (χ2v) is 9.24. The number of imide groups is 1. The first-order chi connectivity index (χ1) is 17.0. The van der Waals surface area contributed by atoms with Crippen LogP contribution in [0.1, 0.15) is 120 Å². The molecule has 0 unspecified atom stereocenters. The number of nitrogens with one attached hydrogen (secondary N) is 2. The van der Waals surface area contributed by atoms with Gasteiger partial charge in [0.05, 0.1) is 12.2 Å². The van der Waals surface area contributed by atoms with E-state index in [-0.39, 0.29) is 18.0 Å². The van der Waals surface area contributed by atoms with Gasteiger partial charge in [0.1, 0.15) is 11.5 Å². The summed E-state index contributed by atoms with van der Waals surface area (Å²) in [5, 5.41) is 22.6. The van der Waals surface area contributed by atoms with E-state index in [0.29, 0.717) is 6.54 Å². The first-order valence-corrected chi connectivity index (χ1v) is 13.6. The second-order valence-electron chi connectivity index (χ2n) is 9.24. The van der Waals surface area contributed by atoms with Gasteiger partial charge in [-0.05, 0) is 18.6 Å². The van der Waals surface area contributed by atoms with Crippen LogP contribution in [0.3, 0.4) is 0 Å². The minimum absolute atomic E-state index is 0.0885. The zero-order valence-electron chi connectivity index (χ0n) is 21.7. The summed E-state index contributed by atoms with van der Waals surface area (Å²) >= 11 is 0. The summed E-state index contributed by atoms with van der Waals surface area (Å²) in [5.74, 6) is -1.28. The van der Waals surface area contributed by atoms with Crippen LogP contribution in [0.25, 0.3) is 0 Å². The summed E-state index contributed by atoms with van der Waals surface area (Å²) in [6.45, 7) is 2.59. The number of carbonyl (C=O) groups is 2. The number of hydrazine groups is 1. The Morgan fingerprint density at radius 1 is 0.800 bits per heavy atom. The van der Waals surface area contributed by atoms with Crippen molar-refractivity contribution < 1.29 is 19.8 Å². The third kappa shape index (κ3) is 14.0. The Morgan fingerprint density at radius 3 is 1.74 bits per heavy atom. The summed E-state index contributed by atoms with van der Waals surface area (Å²) in [7, 11) is 0. The number of nitrogens with zero attached hydrogens (tertiary/aromatic N) is 1. The van der Waals surface area contributed by atoms with E-state index in [4.69, 9.17) is 5.73 Å². The molecule has 200 valence electrons. The van der Waals surface area contributed by atoms with Crippen molar-refractivity contribution in [2.24, 2.45) is 5.73 Å². The lowest BCUT2D eigenvalue weighted by atomic mass is 10.0. The van der Waals surface area contributed by atoms with Crippen molar-refractivity contribution >= 4 is 11.9 Å². The van der Waals surface area contributed by atoms with Gasteiger partial charge < -0.3 is 21.3 Å². The fourth-order valence-corrected chi connectivity index (χ4v) is 4.09. The fraction of sp³-hybridized carbons (Fsp3) is 0.704. The van der Waals surface area contributed by atoms with E-state index in [1.165, 1.54) is 95.6 Å². The lowest BCUT2D eigenvalue weighted by molar-refractivity contribution is 0.0723. The van der Waals surface area contributed by atoms with Crippen molar-refractivity contribution in [3.8, 4) is 11.5 Å². The molecule has 0 saturated carbocycles. The molecule has 0 atom stereocenters. The van der Waals surface area contributed by atoms with Crippen molar-refractivity contribution in [2.75, 3.05) is 13.2 Å². The zero-order valence-corrected chi connectivity index (χ0v) is 21.7. The molecule has 8 nitrogen and oxygen atoms in total. The Hall–Kier alpha value is -2.32. The largest absolute Gasteiger partial charge is 0.508 e. The van der Waals surface area contributed by atoms with Crippen molar-refractivity contribution in [3.05, 3.63) is 23.8 Å². The number of urea groups is 1. The number of carbonyl (C=O) groups excluding carboxylic acids is 2. The van der Waals surface area contributed by atoms with Gasteiger partial charge in [0.25, 0.3) is 5.91 Å². The SMILES string of the molecule is CCCCCCCCCCCCCCCCCCNN(C(=O)NCN)C(=O)c1ccc(O)cc1O. The molecule has 1 rings (SSSR count). The van der Waals surface area contributed by atoms with Crippen molar-refractivity contribution in [3.63, 3.8) is 0 Å². The van der Waals surface area contributed by atoms with Crippen LogP contribution in [-0.2, 0) is 0 Å². The second kappa shape index (κ2) is 19.9. The highest BCUT2D eigenvalue weighted by Crippen LogP contribution is 2.23. The number of rotatable bonds is 20. The third-order valence-corrected chi connectivity index (χ3v) is 6.17. The summed E-state index contributed by atoms with van der Waals surface area (Å²) < 4.78 is 0. The Balaban J connectivity index is 2.13. The predicted molar refractivity (Wildman–Crippen MR) is 141 cm³/mol. The van der Waals surface area contributed by atoms with Gasteiger partial charge in [-0.25, -0.2) is 10.2 Å². The molecule has 0 saturated heterocycles. The molecule has 0 fully saturated rings. The monoisotopic (exact) mass is 492 g/mol. The third-order valence-electron chi connectivity index (χ3n) is 6.17. The van der Waals surface area contributed by atoms with Crippen molar-refractivity contribution in [1.29, 1.82) is 0 Å². The van der Waals surface area contributed by atoms with Crippen molar-refractivity contribution in [2.45, 2.75) is 110 Å². The zero-order chi connectivity index (χ0) is 25.7. The molecule has 0 aliphatic rings. The number of hydrogen-bond donors (Lipinski definition) is 5. The summed E-state index contributed by atoms with van der Waals surface area (Å²) in [6, 6.07) is 2.91. The Morgan fingerprint density at radius 2 is 1.29 bits per heavy atom. The maximum Gasteiger partial charge on any atom is 0.340 e. The number of aromatic hydroxyl groups is 2. The molecule has 8 heteroatoms. The molecule has 0 radical (unpaired) electrons. The number of nitrogens with two attached hydrogens (primary N) is 1. The molecule has 0 bridgehead atoms. The fourth-order valence-electron chi connectivity index (χ4n) is 4.09. The van der Waals surface area contributed by atoms with Gasteiger partial charge in [-0.15, -0.1) is 0 Å². The normalized spacial score (nSPS) is 10.9. The molecule has 1 aromatic carbocycles. The Labute approximate surface area is 211 Å². The molecule has 0 spiro atoms. The Bertz CT molecular complexity index is 714. The number of phenols is 2. The van der Waals surface area contributed by atoms with E-state index < -0.39 is 17.7 Å². The molecule has 0 heterocycles. The van der Waals surface area contributed by atoms with Crippen LogP contribution < -0.4 is 16.5 Å². The molecule has 0 aromatic heterocycles. The average molecular weight is 493 g/mol. The van der Waals surface area contributed by atoms with E-state index >= 15 is 0 Å². The van der Waals surface area contributed by atoms with Crippen LogP contribution in [0.5, 0.6) is 11.5 Å². The molecule has 3 amide bonds. The summed E-state index contributed by atoms with van der Waals surface area (Å²) in [5.41, 5.74) is 8.12. The maximum absolute atomic E-state index is 12.7. The summed E-state index contributed by atoms with van der Waals surface area (Å²) in [6.07, 6.45) is 20.4. The summed E-state index contributed by atoms with van der Waals surface area (Å²) in [4.78, 5) is 25.0. The molecular weight excluding hydrogens is 444 g/mol. The number of amides is 3. The number of unbranched alkanes of at least 4 members (excludes halogenated alkanes) is 15. The van der Waals surface area contributed by atoms with Crippen LogP contribution in [0.15, 0.2) is 18.2 Å². The van der Waals surface area contributed by atoms with Gasteiger partial charge in [-0.3, -0.25) is 4.79 Å². The number of hydrogen-bond acceptors (Lipinski definition) is 6. The van der Waals surface area contributed by atoms with E-state index in [0.717, 1.165) is 30.3 Å². The molecule has 6 N–H and O–H groups in total. The first-order valence-electron chi connectivity index (χ1n) is 13.6. The molecule has 0 aliphatic heterocycles. The van der Waals surface area contributed by atoms with Gasteiger partial charge in [0.2, 0.25) is 0 Å². The van der Waals surface area contributed by atoms with E-state index in [9.17, 15) is 19.8 Å². The quantitative estimate of drug-likeness (QED) is 0.0871. The highest BCUT2D eigenvalue weighted by molar-refractivity contribution is 6.05. The van der Waals surface area contributed by atoms with E-state index in [2.05, 4.69) is 17.7 Å². The molecule has 0 aliphatic carbocycles. The van der Waals surface area contributed by atoms with Crippen molar-refractivity contribution in [1.82, 2.24) is 15.8 Å². The van der Waals surface area contributed by atoms with Gasteiger partial charge in [0.15, 0.2) is 0 Å². The van der Waals surface area contributed by atoms with Gasteiger partial charge >= 0.3 is 6.03 Å². The van der Waals surface area contributed by atoms with Crippen LogP contribution >= 0.6 is 0 Å². The van der Waals surface area contributed by atoms with E-state index in [1.807, 2.05) is 0 Å². The topological polar surface area (TPSA) is 128 Å². The predicted octanol–water partition coefficient (Wildman–Crippen LogP) is 5.93.